The van der Waals surface area contributed by atoms with Gasteiger partial charge in [-0.3, -0.25) is 14.9 Å². The number of aliphatic imine (C=N–C) groups is 1. The number of nitrogens with zero attached hydrogens (tertiary/aromatic N) is 8. The van der Waals surface area contributed by atoms with Crippen molar-refractivity contribution in [1.82, 2.24) is 29.3 Å². The Hall–Kier alpha value is -7.50. The average Bonchev–Trinajstić information content (AvgIpc) is 3.95. The summed E-state index contributed by atoms with van der Waals surface area (Å²) in [5.74, 6) is -2.59. The normalized spacial score (nSPS) is 17.6. The van der Waals surface area contributed by atoms with Gasteiger partial charge in [0, 0.05) is 78.0 Å². The molecule has 5 aromatic rings. The first kappa shape index (κ1) is 55.3. The number of alkyl halides is 3. The maximum Gasteiger partial charge on any atom is 0.412 e. The number of hydrogen-bond donors (Lipinski definition) is 3. The Morgan fingerprint density at radius 3 is 2.43 bits per heavy atom. The average molecular weight is 1070 g/mol. The number of likely N-dealkylation sites (N-methyl/N-ethyl adjacent to an activating group) is 1. The van der Waals surface area contributed by atoms with Crippen LogP contribution < -0.4 is 26.2 Å². The number of hydrogen-bond acceptors (Lipinski definition) is 15. The van der Waals surface area contributed by atoms with Crippen LogP contribution in [-0.4, -0.2) is 123 Å². The van der Waals surface area contributed by atoms with Gasteiger partial charge in [0.25, 0.3) is 11.5 Å². The molecule has 0 bridgehead atoms. The minimum absolute atomic E-state index is 0.0225. The summed E-state index contributed by atoms with van der Waals surface area (Å²) in [5, 5.41) is 13.6. The molecule has 2 saturated heterocycles. The summed E-state index contributed by atoms with van der Waals surface area (Å²) < 4.78 is 82.4. The molecule has 0 aliphatic carbocycles. The second-order valence-electron chi connectivity index (χ2n) is 17.6. The van der Waals surface area contributed by atoms with Crippen molar-refractivity contribution in [2.75, 3.05) is 56.6 Å². The lowest BCUT2D eigenvalue weighted by Gasteiger charge is -2.36. The number of fused-ring (bicyclic) bond motifs is 6. The number of nitrogens with one attached hydrogen (secondary N) is 1. The third-order valence-electron chi connectivity index (χ3n) is 12.7. The van der Waals surface area contributed by atoms with Crippen LogP contribution in [0, 0.1) is 11.6 Å². The molecule has 2 aromatic carbocycles. The SMILES string of the molecule is C/C=C\C(F)(F)F.C=C(N)/N=C/c1c(Cl)cc2c(N3CCN(C(=O)C(=C)C(C)OC(=O)Nc4cc5cc6c(nc5cc4F)-c4cc5c(c(=O)n4C6)COC(=O)C5O)CC3)nc(OCC3CCCN3C)nc2c1F.CC. The molecule has 3 atom stereocenters. The molecule has 7 heterocycles. The van der Waals surface area contributed by atoms with E-state index in [-0.39, 0.29) is 107 Å². The van der Waals surface area contributed by atoms with Crippen LogP contribution in [0.2, 0.25) is 5.02 Å². The fourth-order valence-corrected chi connectivity index (χ4v) is 9.05. The first-order valence-corrected chi connectivity index (χ1v) is 24.2. The van der Waals surface area contributed by atoms with Gasteiger partial charge in [-0.25, -0.2) is 28.3 Å². The van der Waals surface area contributed by atoms with Crippen molar-refractivity contribution in [2.45, 2.75) is 78.1 Å². The number of likely N-dealkylation sites (tertiary alicyclic amines) is 1. The second kappa shape index (κ2) is 22.9. The van der Waals surface area contributed by atoms with Crippen LogP contribution in [0.25, 0.3) is 33.2 Å². The number of cyclic esters (lactones) is 1. The first-order chi connectivity index (χ1) is 35.6. The van der Waals surface area contributed by atoms with Gasteiger partial charge in [-0.05, 0) is 64.5 Å². The van der Waals surface area contributed by atoms with Crippen LogP contribution in [0.1, 0.15) is 68.9 Å². The molecular weight excluding hydrogens is 1010 g/mol. The maximum absolute atomic E-state index is 16.1. The predicted molar refractivity (Wildman–Crippen MR) is 272 cm³/mol. The number of pyridine rings is 2. The molecule has 4 aliphatic heterocycles. The number of piperazine rings is 1. The number of carbonyl (C=O) groups is 3. The van der Waals surface area contributed by atoms with E-state index in [1.807, 2.05) is 25.8 Å². The zero-order valence-electron chi connectivity index (χ0n) is 41.6. The summed E-state index contributed by atoms with van der Waals surface area (Å²) in [7, 11) is 2.01. The number of aliphatic hydroxyl groups is 1. The van der Waals surface area contributed by atoms with Gasteiger partial charge in [0.15, 0.2) is 11.9 Å². The number of aliphatic hydroxyl groups excluding tert-OH is 1. The Morgan fingerprint density at radius 1 is 1.07 bits per heavy atom. The van der Waals surface area contributed by atoms with Gasteiger partial charge in [-0.2, -0.15) is 23.1 Å². The van der Waals surface area contributed by atoms with Crippen molar-refractivity contribution in [3.05, 3.63) is 116 Å². The predicted octanol–water partition coefficient (Wildman–Crippen LogP) is 7.71. The molecule has 398 valence electrons. The van der Waals surface area contributed by atoms with Crippen molar-refractivity contribution >= 4 is 69.1 Å². The Kier molecular flexibility index (Phi) is 16.9. The molecule has 4 aliphatic rings. The third-order valence-corrected chi connectivity index (χ3v) is 13.0. The molecule has 0 radical (unpaired) electrons. The molecule has 3 aromatic heterocycles. The third kappa shape index (κ3) is 12.1. The number of nitrogens with two attached hydrogens (primary N) is 1. The van der Waals surface area contributed by atoms with E-state index >= 15 is 8.78 Å². The quantitative estimate of drug-likeness (QED) is 0.0394. The minimum atomic E-state index is -4.13. The van der Waals surface area contributed by atoms with Crippen LogP contribution in [-0.2, 0) is 32.2 Å². The molecule has 4 N–H and O–H groups in total. The molecule has 2 fully saturated rings. The minimum Gasteiger partial charge on any atom is -0.462 e. The zero-order valence-corrected chi connectivity index (χ0v) is 42.3. The lowest BCUT2D eigenvalue weighted by atomic mass is 10.0. The van der Waals surface area contributed by atoms with Gasteiger partial charge in [0.1, 0.15) is 42.3 Å². The lowest BCUT2D eigenvalue weighted by Crippen LogP contribution is -2.50. The summed E-state index contributed by atoms with van der Waals surface area (Å²) >= 11 is 6.55. The van der Waals surface area contributed by atoms with E-state index in [1.165, 1.54) is 36.8 Å². The highest BCUT2D eigenvalue weighted by molar-refractivity contribution is 6.34. The molecule has 2 amide bonds. The van der Waals surface area contributed by atoms with Crippen LogP contribution in [0.5, 0.6) is 6.01 Å². The monoisotopic (exact) mass is 1060 g/mol. The molecule has 3 unspecified atom stereocenters. The molecule has 18 nitrogen and oxygen atoms in total. The maximum atomic E-state index is 16.1. The molecule has 24 heteroatoms. The van der Waals surface area contributed by atoms with E-state index < -0.39 is 53.5 Å². The Bertz CT molecular complexity index is 3210. The van der Waals surface area contributed by atoms with Crippen LogP contribution in [0.3, 0.4) is 0 Å². The van der Waals surface area contributed by atoms with Crippen molar-refractivity contribution < 1.29 is 55.7 Å². The zero-order chi connectivity index (χ0) is 54.6. The largest absolute Gasteiger partial charge is 0.462 e. The van der Waals surface area contributed by atoms with Crippen LogP contribution in [0.15, 0.2) is 76.8 Å². The number of aromatic nitrogens is 4. The van der Waals surface area contributed by atoms with E-state index in [2.05, 4.69) is 38.3 Å². The van der Waals surface area contributed by atoms with Gasteiger partial charge in [0.2, 0.25) is 0 Å². The number of allylic oxidation sites excluding steroid dienone is 2. The molecular formula is C51H54ClF5N10O8. The van der Waals surface area contributed by atoms with Gasteiger partial charge in [-0.15, -0.1) is 0 Å². The number of benzene rings is 2. The number of ether oxygens (including phenoxy) is 3. The van der Waals surface area contributed by atoms with Crippen molar-refractivity contribution in [3.63, 3.8) is 0 Å². The smallest absolute Gasteiger partial charge is 0.412 e. The van der Waals surface area contributed by atoms with Gasteiger partial charge >= 0.3 is 24.2 Å². The molecule has 0 saturated carbocycles. The summed E-state index contributed by atoms with van der Waals surface area (Å²) in [4.78, 5) is 75.3. The first-order valence-electron chi connectivity index (χ1n) is 23.8. The fourth-order valence-electron chi connectivity index (χ4n) is 8.81. The van der Waals surface area contributed by atoms with E-state index in [4.69, 9.17) is 36.5 Å². The Morgan fingerprint density at radius 2 is 1.79 bits per heavy atom. The standard InChI is InChI=1S/C45H43ClF2N10O8.C4H5F3.C2H6/c1-21(22(2)66-45(63)52-34-13-24-12-25-18-58-35(37(25)51-33(24)16-32(34)47)15-27-30(42(58)61)20-64-43(62)39(27)59)41(60)57-10-8-56(9-11-57)40-28-14-31(46)29(17-50-23(3)49)36(48)38(28)53-44(54-40)65-19-26-6-5-7-55(26)4;1-2-3-4(5,6)7;1-2/h12-17,22,26,39,59H,1,3,5-11,18-20,49H2,2,4H3,(H,52,63);2-3H,1H3;1-2H3/b50-17+;3-2-;. The second-order valence-corrected chi connectivity index (χ2v) is 18.0. The summed E-state index contributed by atoms with van der Waals surface area (Å²) in [6.07, 6.45) is -3.62. The molecule has 75 heavy (non-hydrogen) atoms. The van der Waals surface area contributed by atoms with Crippen LogP contribution in [0.4, 0.5) is 38.3 Å². The van der Waals surface area contributed by atoms with E-state index in [1.54, 1.807) is 17.0 Å². The van der Waals surface area contributed by atoms with Crippen molar-refractivity contribution in [2.24, 2.45) is 10.7 Å². The highest BCUT2D eigenvalue weighted by Gasteiger charge is 2.35. The highest BCUT2D eigenvalue weighted by Crippen LogP contribution is 2.37. The summed E-state index contributed by atoms with van der Waals surface area (Å²) in [6, 6.07) is 7.38. The highest BCUT2D eigenvalue weighted by atomic mass is 35.5. The van der Waals surface area contributed by atoms with Gasteiger partial charge in [-0.1, -0.05) is 44.7 Å². The number of anilines is 2. The van der Waals surface area contributed by atoms with Crippen molar-refractivity contribution in [1.29, 1.82) is 0 Å². The van der Waals surface area contributed by atoms with E-state index in [0.29, 0.717) is 40.1 Å². The summed E-state index contributed by atoms with van der Waals surface area (Å²) in [6.45, 7) is 16.2. The van der Waals surface area contributed by atoms with Crippen molar-refractivity contribution in [3.8, 4) is 17.4 Å². The number of esters is 1. The van der Waals surface area contributed by atoms with E-state index in [0.717, 1.165) is 31.5 Å². The van der Waals surface area contributed by atoms with Gasteiger partial charge in [0.05, 0.1) is 45.3 Å². The summed E-state index contributed by atoms with van der Waals surface area (Å²) in [5.41, 5.74) is 6.71. The number of amides is 2. The van der Waals surface area contributed by atoms with Gasteiger partial charge < -0.3 is 44.3 Å². The Labute approximate surface area is 431 Å². The van der Waals surface area contributed by atoms with E-state index in [9.17, 15) is 37.5 Å². The number of carbonyl (C=O) groups excluding carboxylic acids is 3. The molecule has 9 rings (SSSR count). The fraction of sp³-hybridized carbons (Fsp3) is 0.373. The topological polar surface area (TPSA) is 220 Å². The van der Waals surface area contributed by atoms with Crippen LogP contribution >= 0.6 is 11.6 Å². The Balaban J connectivity index is 0.000000843. The number of rotatable bonds is 10. The molecule has 0 spiro atoms. The number of halogens is 6. The lowest BCUT2D eigenvalue weighted by molar-refractivity contribution is -0.157.